The number of nitrogens with one attached hydrogen (secondary N) is 1. The van der Waals surface area contributed by atoms with Gasteiger partial charge in [0, 0.05) is 50.0 Å². The zero-order valence-electron chi connectivity index (χ0n) is 24.7. The number of rotatable bonds is 18. The van der Waals surface area contributed by atoms with E-state index in [1.54, 1.807) is 19.3 Å². The number of nitrogens with zero attached hydrogens (tertiary/aromatic N) is 1. The maximum absolute atomic E-state index is 11.3. The van der Waals surface area contributed by atoms with E-state index in [2.05, 4.69) is 57.5 Å². The monoisotopic (exact) mass is 545 g/mol. The number of methoxy groups -OCH3 is 1. The second-order valence-electron chi connectivity index (χ2n) is 9.87. The largest absolute Gasteiger partial charge is 0.449 e. The molecule has 0 aromatic rings. The van der Waals surface area contributed by atoms with E-state index < -0.39 is 12.3 Å². The molecule has 1 heterocycles. The lowest BCUT2D eigenvalue weighted by molar-refractivity contribution is 0.0294. The van der Waals surface area contributed by atoms with Crippen molar-refractivity contribution in [2.45, 2.75) is 59.6 Å². The molecular formula is C31H51N3O5. The van der Waals surface area contributed by atoms with Crippen LogP contribution in [-0.4, -0.2) is 58.3 Å². The van der Waals surface area contributed by atoms with Crippen LogP contribution in [-0.2, 0) is 18.9 Å². The van der Waals surface area contributed by atoms with Gasteiger partial charge in [-0.25, -0.2) is 9.79 Å². The van der Waals surface area contributed by atoms with Crippen LogP contribution >= 0.6 is 0 Å². The van der Waals surface area contributed by atoms with Crippen LogP contribution in [0.1, 0.15) is 53.4 Å². The highest BCUT2D eigenvalue weighted by atomic mass is 16.5. The number of carbonyl (C=O) groups excluding carboxylic acids is 1. The second-order valence-corrected chi connectivity index (χ2v) is 9.87. The Kier molecular flexibility index (Phi) is 17.8. The van der Waals surface area contributed by atoms with Crippen molar-refractivity contribution in [3.05, 3.63) is 60.9 Å². The van der Waals surface area contributed by atoms with Gasteiger partial charge < -0.3 is 30.0 Å². The van der Waals surface area contributed by atoms with Crippen LogP contribution in [0.25, 0.3) is 0 Å². The highest BCUT2D eigenvalue weighted by molar-refractivity contribution is 5.83. The number of nitrogens with two attached hydrogens (primary N) is 1. The first-order valence-electron chi connectivity index (χ1n) is 14.0. The van der Waals surface area contributed by atoms with Crippen molar-refractivity contribution in [2.24, 2.45) is 34.4 Å². The zero-order valence-corrected chi connectivity index (χ0v) is 24.7. The molecule has 39 heavy (non-hydrogen) atoms. The minimum absolute atomic E-state index is 0.0877. The molecule has 8 heteroatoms. The minimum Gasteiger partial charge on any atom is -0.449 e. The molecule has 5 atom stereocenters. The van der Waals surface area contributed by atoms with E-state index in [0.29, 0.717) is 25.6 Å². The van der Waals surface area contributed by atoms with E-state index in [9.17, 15) is 4.79 Å². The van der Waals surface area contributed by atoms with E-state index in [1.807, 2.05) is 13.0 Å². The first-order valence-corrected chi connectivity index (χ1v) is 14.0. The Hall–Kier alpha value is -2.68. The Morgan fingerprint density at radius 2 is 2.08 bits per heavy atom. The molecule has 0 saturated heterocycles. The Morgan fingerprint density at radius 1 is 1.31 bits per heavy atom. The van der Waals surface area contributed by atoms with Crippen molar-refractivity contribution in [1.29, 1.82) is 0 Å². The van der Waals surface area contributed by atoms with Gasteiger partial charge >= 0.3 is 6.09 Å². The van der Waals surface area contributed by atoms with Crippen molar-refractivity contribution < 1.29 is 23.7 Å². The molecule has 0 fully saturated rings. The highest BCUT2D eigenvalue weighted by Crippen LogP contribution is 2.25. The fourth-order valence-corrected chi connectivity index (χ4v) is 4.26. The number of amidine groups is 1. The fraction of sp³-hybridized carbons (Fsp3) is 0.613. The maximum Gasteiger partial charge on any atom is 0.404 e. The van der Waals surface area contributed by atoms with Gasteiger partial charge in [0.05, 0.1) is 19.8 Å². The highest BCUT2D eigenvalue weighted by Gasteiger charge is 2.28. The summed E-state index contributed by atoms with van der Waals surface area (Å²) in [7, 11) is 1.65. The molecule has 0 aromatic carbocycles. The number of hydrogen-bond donors (Lipinski definition) is 2. The van der Waals surface area contributed by atoms with Gasteiger partial charge in [-0.2, -0.15) is 0 Å². The number of primary amides is 1. The van der Waals surface area contributed by atoms with E-state index in [1.165, 1.54) is 5.57 Å². The maximum atomic E-state index is 11.3. The molecule has 0 spiro atoms. The van der Waals surface area contributed by atoms with Crippen LogP contribution in [0.5, 0.6) is 0 Å². The van der Waals surface area contributed by atoms with Gasteiger partial charge in [0.15, 0.2) is 0 Å². The molecule has 1 aliphatic rings. The zero-order chi connectivity index (χ0) is 29.0. The van der Waals surface area contributed by atoms with Crippen LogP contribution in [0, 0.1) is 23.7 Å². The van der Waals surface area contributed by atoms with Crippen molar-refractivity contribution in [2.75, 3.05) is 40.1 Å². The Bertz CT molecular complexity index is 864. The predicted molar refractivity (Wildman–Crippen MR) is 159 cm³/mol. The van der Waals surface area contributed by atoms with Crippen LogP contribution in [0.15, 0.2) is 65.9 Å². The topological polar surface area (TPSA) is 104 Å². The summed E-state index contributed by atoms with van der Waals surface area (Å²) in [5.74, 6) is 0.847. The number of aliphatic imine (C=N–C) groups is 1. The molecule has 3 N–H and O–H groups in total. The normalized spacial score (nSPS) is 19.9. The summed E-state index contributed by atoms with van der Waals surface area (Å²) in [6.45, 7) is 19.2. The third-order valence-electron chi connectivity index (χ3n) is 6.50. The van der Waals surface area contributed by atoms with E-state index in [0.717, 1.165) is 44.0 Å². The summed E-state index contributed by atoms with van der Waals surface area (Å²) in [6, 6.07) is 0. The van der Waals surface area contributed by atoms with Crippen molar-refractivity contribution >= 4 is 11.9 Å². The quantitative estimate of drug-likeness (QED) is 0.0552. The molecule has 1 rings (SSSR count). The first-order chi connectivity index (χ1) is 18.8. The van der Waals surface area contributed by atoms with Gasteiger partial charge in [-0.15, -0.1) is 6.58 Å². The number of hydrogen-bond acceptors (Lipinski definition) is 6. The lowest BCUT2D eigenvalue weighted by Gasteiger charge is -2.31. The average molecular weight is 546 g/mol. The van der Waals surface area contributed by atoms with E-state index >= 15 is 0 Å². The molecule has 0 saturated carbocycles. The average Bonchev–Trinajstić information content (AvgIpc) is 3.12. The third-order valence-corrected chi connectivity index (χ3v) is 6.50. The number of carbonyl (C=O) groups is 1. The first kappa shape index (κ1) is 34.3. The lowest BCUT2D eigenvalue weighted by atomic mass is 9.89. The molecule has 8 nitrogen and oxygen atoms in total. The number of allylic oxidation sites excluding steroid dienone is 3. The summed E-state index contributed by atoms with van der Waals surface area (Å²) in [6.07, 6.45) is 13.9. The molecule has 0 radical (unpaired) electrons. The molecule has 3 unspecified atom stereocenters. The van der Waals surface area contributed by atoms with Crippen LogP contribution in [0.3, 0.4) is 0 Å². The summed E-state index contributed by atoms with van der Waals surface area (Å²) in [4.78, 5) is 16.3. The summed E-state index contributed by atoms with van der Waals surface area (Å²) >= 11 is 0. The third kappa shape index (κ3) is 13.8. The van der Waals surface area contributed by atoms with Crippen molar-refractivity contribution in [3.63, 3.8) is 0 Å². The second kappa shape index (κ2) is 20.3. The number of ether oxygens (including phenoxy) is 4. The van der Waals surface area contributed by atoms with Crippen LogP contribution < -0.4 is 11.1 Å². The Balaban J connectivity index is 3.22. The minimum atomic E-state index is -0.824. The van der Waals surface area contributed by atoms with Crippen LogP contribution in [0.4, 0.5) is 4.79 Å². The van der Waals surface area contributed by atoms with Gasteiger partial charge in [0.2, 0.25) is 0 Å². The van der Waals surface area contributed by atoms with E-state index in [-0.39, 0.29) is 24.4 Å². The van der Waals surface area contributed by atoms with Gasteiger partial charge in [-0.1, -0.05) is 70.2 Å². The molecule has 1 aliphatic heterocycles. The van der Waals surface area contributed by atoms with Crippen LogP contribution in [0.2, 0.25) is 0 Å². The van der Waals surface area contributed by atoms with Crippen molar-refractivity contribution in [3.8, 4) is 0 Å². The van der Waals surface area contributed by atoms with Gasteiger partial charge in [0.25, 0.3) is 0 Å². The van der Waals surface area contributed by atoms with Gasteiger partial charge in [-0.05, 0) is 24.8 Å². The summed E-state index contributed by atoms with van der Waals surface area (Å²) < 4.78 is 22.5. The molecule has 1 amide bonds. The molecule has 220 valence electrons. The van der Waals surface area contributed by atoms with E-state index in [4.69, 9.17) is 29.7 Å². The summed E-state index contributed by atoms with van der Waals surface area (Å²) in [5, 5.41) is 3.49. The lowest BCUT2D eigenvalue weighted by Crippen LogP contribution is -2.44. The Labute approximate surface area is 236 Å². The fourth-order valence-electron chi connectivity index (χ4n) is 4.26. The smallest absolute Gasteiger partial charge is 0.404 e. The van der Waals surface area contributed by atoms with Crippen molar-refractivity contribution in [1.82, 2.24) is 5.32 Å². The molecule has 0 bridgehead atoms. The molecular weight excluding hydrogens is 494 g/mol. The standard InChI is InChI=1S/C31H51N3O5/c1-8-13-27(19-26-14-12-18-38-21-24(26)6)33-29(11-4)34-30(36-7)28(25(10-3)22-39-31(32)35)16-15-23(5)20-37-17-9-2/h8,10,13-16,23-25,28,30H,1,3,9,11-12,17-22H2,2,4-7H3,(H2,32,35)(H,33,34)/b16-15?,27-13-/t23-,24+,25?,28?,30?/m1/s1. The number of amides is 1. The van der Waals surface area contributed by atoms with Gasteiger partial charge in [-0.3, -0.25) is 0 Å². The molecule has 0 aliphatic carbocycles. The molecule has 0 aromatic heterocycles. The Morgan fingerprint density at radius 3 is 2.69 bits per heavy atom. The predicted octanol–water partition coefficient (Wildman–Crippen LogP) is 5.93. The SMILES string of the molecule is C=C/C=C(CC1=CCCOC[C@@H]1C)\N=C(/CC)NC(OC)C(C=C[C@@H](C)COCCC)C(C=C)COC(N)=O. The summed E-state index contributed by atoms with van der Waals surface area (Å²) in [5.41, 5.74) is 7.48. The van der Waals surface area contributed by atoms with Gasteiger partial charge in [0.1, 0.15) is 18.7 Å².